The fourth-order valence-electron chi connectivity index (χ4n) is 1.11. The number of nitrogens with two attached hydrogens (primary N) is 1. The van der Waals surface area contributed by atoms with Gasteiger partial charge in [0, 0.05) is 11.0 Å². The summed E-state index contributed by atoms with van der Waals surface area (Å²) in [6, 6.07) is 8.17. The molecule has 0 saturated heterocycles. The molecular formula is C10H9FN4S. The highest BCUT2D eigenvalue weighted by molar-refractivity contribution is 7.99. The number of hydrogen-bond acceptors (Lipinski definition) is 5. The Morgan fingerprint density at radius 1 is 1.25 bits per heavy atom. The molecule has 82 valence electrons. The Bertz CT molecular complexity index is 492. The van der Waals surface area contributed by atoms with E-state index in [9.17, 15) is 4.39 Å². The van der Waals surface area contributed by atoms with E-state index in [-0.39, 0.29) is 5.82 Å². The number of benzene rings is 1. The quantitative estimate of drug-likeness (QED) is 0.485. The summed E-state index contributed by atoms with van der Waals surface area (Å²) in [5.41, 5.74) is 2.41. The van der Waals surface area contributed by atoms with E-state index < -0.39 is 0 Å². The normalized spacial score (nSPS) is 10.1. The van der Waals surface area contributed by atoms with Gasteiger partial charge >= 0.3 is 0 Å². The number of nitrogen functional groups attached to an aromatic ring is 1. The van der Waals surface area contributed by atoms with E-state index in [1.54, 1.807) is 24.3 Å². The fourth-order valence-corrected chi connectivity index (χ4v) is 1.92. The van der Waals surface area contributed by atoms with Gasteiger partial charge in [0.15, 0.2) is 0 Å². The molecular weight excluding hydrogens is 227 g/mol. The van der Waals surface area contributed by atoms with Crippen molar-refractivity contribution >= 4 is 17.6 Å². The van der Waals surface area contributed by atoms with Crippen molar-refractivity contribution in [2.24, 2.45) is 5.84 Å². The highest BCUT2D eigenvalue weighted by Crippen LogP contribution is 2.28. The first kappa shape index (κ1) is 10.8. The predicted octanol–water partition coefficient (Wildman–Crippen LogP) is 2.05. The number of rotatable bonds is 3. The van der Waals surface area contributed by atoms with Crippen molar-refractivity contribution in [2.45, 2.75) is 9.92 Å². The van der Waals surface area contributed by atoms with Gasteiger partial charge in [0.05, 0.1) is 0 Å². The van der Waals surface area contributed by atoms with Crippen LogP contribution in [0, 0.1) is 5.82 Å². The van der Waals surface area contributed by atoms with E-state index in [1.807, 2.05) is 0 Å². The fraction of sp³-hybridized carbons (Fsp3) is 0. The second kappa shape index (κ2) is 4.91. The minimum atomic E-state index is -0.270. The van der Waals surface area contributed by atoms with Crippen LogP contribution in [-0.4, -0.2) is 9.97 Å². The molecule has 1 aromatic heterocycles. The van der Waals surface area contributed by atoms with E-state index in [1.165, 1.54) is 24.2 Å². The van der Waals surface area contributed by atoms with Crippen molar-refractivity contribution in [1.82, 2.24) is 9.97 Å². The van der Waals surface area contributed by atoms with Gasteiger partial charge in [-0.1, -0.05) is 23.9 Å². The highest BCUT2D eigenvalue weighted by Gasteiger charge is 2.04. The molecule has 0 spiro atoms. The molecule has 4 nitrogen and oxygen atoms in total. The Balaban J connectivity index is 2.24. The predicted molar refractivity (Wildman–Crippen MR) is 60.4 cm³/mol. The number of halogens is 1. The third-order valence-electron chi connectivity index (χ3n) is 1.84. The molecule has 3 N–H and O–H groups in total. The van der Waals surface area contributed by atoms with E-state index >= 15 is 0 Å². The van der Waals surface area contributed by atoms with Crippen LogP contribution in [0.15, 0.2) is 46.6 Å². The van der Waals surface area contributed by atoms with Gasteiger partial charge in [0.2, 0.25) is 0 Å². The maximum absolute atomic E-state index is 13.4. The average Bonchev–Trinajstić information content (AvgIpc) is 2.32. The molecule has 0 radical (unpaired) electrons. The van der Waals surface area contributed by atoms with Crippen molar-refractivity contribution in [1.29, 1.82) is 0 Å². The summed E-state index contributed by atoms with van der Waals surface area (Å²) < 4.78 is 13.4. The van der Waals surface area contributed by atoms with Crippen LogP contribution in [0.2, 0.25) is 0 Å². The molecule has 1 aromatic carbocycles. The molecule has 0 saturated carbocycles. The first-order valence-corrected chi connectivity index (χ1v) is 5.32. The number of hydrazine groups is 1. The summed E-state index contributed by atoms with van der Waals surface area (Å²) in [5.74, 6) is 5.44. The molecule has 0 unspecified atom stereocenters. The topological polar surface area (TPSA) is 63.8 Å². The maximum atomic E-state index is 13.4. The van der Waals surface area contributed by atoms with Gasteiger partial charge < -0.3 is 5.43 Å². The number of anilines is 1. The van der Waals surface area contributed by atoms with Gasteiger partial charge in [0.25, 0.3) is 0 Å². The largest absolute Gasteiger partial charge is 0.308 e. The van der Waals surface area contributed by atoms with Crippen molar-refractivity contribution in [3.05, 3.63) is 42.5 Å². The molecule has 2 aromatic rings. The SMILES string of the molecule is NNc1cc(Sc2ccccc2F)ncn1. The average molecular weight is 236 g/mol. The standard InChI is InChI=1S/C10H9FN4S/c11-7-3-1-2-4-8(7)16-10-5-9(15-12)13-6-14-10/h1-6H,12H2,(H,13,14,15). The van der Waals surface area contributed by atoms with Gasteiger partial charge in [-0.05, 0) is 12.1 Å². The molecule has 0 amide bonds. The third-order valence-corrected chi connectivity index (χ3v) is 2.82. The molecule has 0 aliphatic heterocycles. The van der Waals surface area contributed by atoms with Gasteiger partial charge in [-0.2, -0.15) is 0 Å². The van der Waals surface area contributed by atoms with E-state index in [0.29, 0.717) is 15.7 Å². The van der Waals surface area contributed by atoms with Crippen LogP contribution in [0.5, 0.6) is 0 Å². The highest BCUT2D eigenvalue weighted by atomic mass is 32.2. The first-order valence-electron chi connectivity index (χ1n) is 4.50. The Morgan fingerprint density at radius 2 is 2.06 bits per heavy atom. The Kier molecular flexibility index (Phi) is 3.33. The van der Waals surface area contributed by atoms with Crippen molar-refractivity contribution in [3.8, 4) is 0 Å². The van der Waals surface area contributed by atoms with E-state index in [2.05, 4.69) is 15.4 Å². The number of nitrogens with one attached hydrogen (secondary N) is 1. The summed E-state index contributed by atoms with van der Waals surface area (Å²) in [4.78, 5) is 8.40. The van der Waals surface area contributed by atoms with Gasteiger partial charge in [-0.15, -0.1) is 0 Å². The molecule has 0 fully saturated rings. The first-order chi connectivity index (χ1) is 7.79. The van der Waals surface area contributed by atoms with Crippen LogP contribution in [0.25, 0.3) is 0 Å². The second-order valence-electron chi connectivity index (χ2n) is 2.92. The lowest BCUT2D eigenvalue weighted by atomic mass is 10.3. The van der Waals surface area contributed by atoms with Crippen LogP contribution in [0.4, 0.5) is 10.2 Å². The Labute approximate surface area is 96.1 Å². The van der Waals surface area contributed by atoms with E-state index in [0.717, 1.165) is 0 Å². The number of aromatic nitrogens is 2. The molecule has 6 heteroatoms. The molecule has 0 aliphatic carbocycles. The van der Waals surface area contributed by atoms with Crippen LogP contribution >= 0.6 is 11.8 Å². The number of nitrogens with zero attached hydrogens (tertiary/aromatic N) is 2. The van der Waals surface area contributed by atoms with E-state index in [4.69, 9.17) is 5.84 Å². The molecule has 0 aliphatic rings. The monoisotopic (exact) mass is 236 g/mol. The van der Waals surface area contributed by atoms with Gasteiger partial charge in [-0.3, -0.25) is 0 Å². The molecule has 1 heterocycles. The lowest BCUT2D eigenvalue weighted by Gasteiger charge is -2.03. The lowest BCUT2D eigenvalue weighted by Crippen LogP contribution is -2.08. The summed E-state index contributed by atoms with van der Waals surface area (Å²) in [5, 5.41) is 0.632. The van der Waals surface area contributed by atoms with Gasteiger partial charge in [-0.25, -0.2) is 20.2 Å². The smallest absolute Gasteiger partial charge is 0.144 e. The lowest BCUT2D eigenvalue weighted by molar-refractivity contribution is 0.602. The van der Waals surface area contributed by atoms with Crippen molar-refractivity contribution < 1.29 is 4.39 Å². The zero-order valence-corrected chi connectivity index (χ0v) is 9.04. The molecule has 16 heavy (non-hydrogen) atoms. The van der Waals surface area contributed by atoms with Crippen LogP contribution in [-0.2, 0) is 0 Å². The molecule has 0 atom stereocenters. The molecule has 0 bridgehead atoms. The summed E-state index contributed by atoms with van der Waals surface area (Å²) >= 11 is 1.22. The minimum Gasteiger partial charge on any atom is -0.308 e. The summed E-state index contributed by atoms with van der Waals surface area (Å²) in [7, 11) is 0. The minimum absolute atomic E-state index is 0.270. The van der Waals surface area contributed by atoms with Gasteiger partial charge in [0.1, 0.15) is 23.0 Å². The van der Waals surface area contributed by atoms with Crippen LogP contribution in [0.3, 0.4) is 0 Å². The zero-order chi connectivity index (χ0) is 11.4. The van der Waals surface area contributed by atoms with Crippen molar-refractivity contribution in [2.75, 3.05) is 5.43 Å². The van der Waals surface area contributed by atoms with Crippen molar-refractivity contribution in [3.63, 3.8) is 0 Å². The number of hydrogen-bond donors (Lipinski definition) is 2. The van der Waals surface area contributed by atoms with Crippen LogP contribution < -0.4 is 11.3 Å². The second-order valence-corrected chi connectivity index (χ2v) is 3.98. The Hall–Kier alpha value is -1.66. The van der Waals surface area contributed by atoms with Crippen LogP contribution in [0.1, 0.15) is 0 Å². The Morgan fingerprint density at radius 3 is 2.81 bits per heavy atom. The molecule has 2 rings (SSSR count). The maximum Gasteiger partial charge on any atom is 0.144 e. The third kappa shape index (κ3) is 2.47. The summed E-state index contributed by atoms with van der Waals surface area (Å²) in [6.07, 6.45) is 1.37. The summed E-state index contributed by atoms with van der Waals surface area (Å²) in [6.45, 7) is 0. The zero-order valence-electron chi connectivity index (χ0n) is 8.22.